The minimum atomic E-state index is -0.516. The summed E-state index contributed by atoms with van der Waals surface area (Å²) in [6.45, 7) is 6.39. The Bertz CT molecular complexity index is 1630. The zero-order valence-electron chi connectivity index (χ0n) is 31.0. The molecule has 4 rings (SSSR count). The van der Waals surface area contributed by atoms with Crippen LogP contribution < -0.4 is 20.9 Å². The molecule has 2 heterocycles. The van der Waals surface area contributed by atoms with Crippen LogP contribution in [0.2, 0.25) is 0 Å². The summed E-state index contributed by atoms with van der Waals surface area (Å²) in [5, 5.41) is 19.9. The van der Waals surface area contributed by atoms with Gasteiger partial charge in [-0.25, -0.2) is 0 Å². The number of carbonyl (C=O) groups is 5. The molecule has 1 unspecified atom stereocenters. The van der Waals surface area contributed by atoms with E-state index < -0.39 is 5.92 Å². The summed E-state index contributed by atoms with van der Waals surface area (Å²) in [4.78, 5) is 64.4. The zero-order valence-corrected chi connectivity index (χ0v) is 31.8. The summed E-state index contributed by atoms with van der Waals surface area (Å²) < 4.78 is 13.4. The average molecular weight is 754 g/mol. The Morgan fingerprint density at radius 2 is 1.79 bits per heavy atom. The molecular weight excluding hydrogens is 699 g/mol. The van der Waals surface area contributed by atoms with Crippen LogP contribution in [0.4, 0.5) is 5.69 Å². The highest BCUT2D eigenvalue weighted by atomic mass is 32.1. The van der Waals surface area contributed by atoms with Gasteiger partial charge in [0, 0.05) is 43.7 Å². The van der Waals surface area contributed by atoms with Gasteiger partial charge in [0.15, 0.2) is 0 Å². The van der Waals surface area contributed by atoms with Crippen molar-refractivity contribution in [2.45, 2.75) is 77.8 Å². The molecule has 1 saturated carbocycles. The lowest BCUT2D eigenvalue weighted by Crippen LogP contribution is -2.42. The van der Waals surface area contributed by atoms with E-state index in [1.165, 1.54) is 0 Å². The minimum Gasteiger partial charge on any atom is -0.396 e. The number of anilines is 1. The molecule has 1 aromatic carbocycles. The molecule has 13 nitrogen and oxygen atoms in total. The molecule has 2 aromatic heterocycles. The molecule has 3 aromatic rings. The van der Waals surface area contributed by atoms with Crippen LogP contribution in [0, 0.1) is 18.8 Å². The van der Waals surface area contributed by atoms with E-state index in [0.29, 0.717) is 83.5 Å². The van der Waals surface area contributed by atoms with E-state index in [1.807, 2.05) is 60.2 Å². The number of thiophene rings is 1. The fourth-order valence-corrected chi connectivity index (χ4v) is 7.32. The zero-order chi connectivity index (χ0) is 38.0. The minimum absolute atomic E-state index is 0.0385. The third-order valence-corrected chi connectivity index (χ3v) is 10.3. The lowest BCUT2D eigenvalue weighted by Gasteiger charge is -2.28. The highest BCUT2D eigenvalue weighted by molar-refractivity contribution is 7.17. The first-order valence-corrected chi connectivity index (χ1v) is 19.6. The Morgan fingerprint density at radius 3 is 2.53 bits per heavy atom. The van der Waals surface area contributed by atoms with E-state index in [0.717, 1.165) is 40.7 Å². The number of amides is 4. The average Bonchev–Trinajstić information content (AvgIpc) is 3.75. The summed E-state index contributed by atoms with van der Waals surface area (Å²) in [6.07, 6.45) is 6.19. The maximum atomic E-state index is 13.6. The van der Waals surface area contributed by atoms with Crippen LogP contribution in [0.25, 0.3) is 10.2 Å². The van der Waals surface area contributed by atoms with E-state index in [1.54, 1.807) is 16.2 Å². The molecule has 0 radical (unpaired) electrons. The molecule has 0 saturated heterocycles. The number of fused-ring (bicyclic) bond motifs is 1. The fourth-order valence-electron chi connectivity index (χ4n) is 6.50. The Hall–Kier alpha value is -4.11. The summed E-state index contributed by atoms with van der Waals surface area (Å²) in [5.74, 6) is -0.908. The number of hydrogen-bond acceptors (Lipinski definition) is 9. The lowest BCUT2D eigenvalue weighted by molar-refractivity contribution is -0.126. The number of unbranched alkanes of at least 4 members (excludes halogenated alkanes) is 2. The number of ether oxygens (including phenoxy) is 2. The Kier molecular flexibility index (Phi) is 17.4. The van der Waals surface area contributed by atoms with E-state index in [2.05, 4.69) is 16.0 Å². The lowest BCUT2D eigenvalue weighted by atomic mass is 9.85. The standard InChI is InChI=1S/C39H55N5O8S/c1-3-43(32-9-7-8-28(2)22-32)37(48)24-44-33-15-21-53-35(33)23-34(44)39(50)42-31-13-11-30(12-14-31)38(49)41-16-6-4-5-10-36(47)40-17-18-51-19-20-52-27-29(25-45)26-46/h7-9,15,21-23,25,29-31,46H,3-6,10-14,16-20,24,26-27H2,1-2H3,(H,40,47)(H,41,49)(H,42,50). The monoisotopic (exact) mass is 753 g/mol. The first-order chi connectivity index (χ1) is 25.7. The number of aryl methyl sites for hydroxylation is 1. The summed E-state index contributed by atoms with van der Waals surface area (Å²) in [6, 6.07) is 11.6. The SMILES string of the molecule is CCN(C(=O)Cn1c(C(=O)NC2CCC(C(=O)NCCCCCC(=O)NCCOCCOCC(C=O)CO)CC2)cc2sccc21)c1cccc(C)c1. The van der Waals surface area contributed by atoms with Crippen molar-refractivity contribution >= 4 is 57.2 Å². The number of aliphatic hydroxyl groups excluding tert-OH is 1. The van der Waals surface area contributed by atoms with Crippen LogP contribution in [0.3, 0.4) is 0 Å². The second-order valence-corrected chi connectivity index (χ2v) is 14.5. The number of hydrogen-bond donors (Lipinski definition) is 4. The number of aliphatic hydroxyl groups is 1. The summed E-state index contributed by atoms with van der Waals surface area (Å²) in [5.41, 5.74) is 3.24. The fraction of sp³-hybridized carbons (Fsp3) is 0.564. The van der Waals surface area contributed by atoms with E-state index in [-0.39, 0.29) is 55.3 Å². The van der Waals surface area contributed by atoms with Crippen molar-refractivity contribution in [1.82, 2.24) is 20.5 Å². The van der Waals surface area contributed by atoms with Crippen molar-refractivity contribution in [3.05, 3.63) is 53.0 Å². The molecule has 53 heavy (non-hydrogen) atoms. The molecule has 1 atom stereocenters. The highest BCUT2D eigenvalue weighted by Gasteiger charge is 2.29. The van der Waals surface area contributed by atoms with Crippen molar-refractivity contribution in [2.75, 3.05) is 57.6 Å². The Morgan fingerprint density at radius 1 is 1.00 bits per heavy atom. The van der Waals surface area contributed by atoms with E-state index in [9.17, 15) is 24.0 Å². The van der Waals surface area contributed by atoms with Gasteiger partial charge in [-0.15, -0.1) is 11.3 Å². The predicted molar refractivity (Wildman–Crippen MR) is 205 cm³/mol. The molecule has 0 bridgehead atoms. The third-order valence-electron chi connectivity index (χ3n) is 9.49. The van der Waals surface area contributed by atoms with Crippen LogP contribution in [0.5, 0.6) is 0 Å². The maximum Gasteiger partial charge on any atom is 0.268 e. The molecule has 1 aliphatic carbocycles. The van der Waals surface area contributed by atoms with Gasteiger partial charge in [0.05, 0.1) is 49.2 Å². The normalized spacial score (nSPS) is 16.2. The second kappa shape index (κ2) is 22.2. The number of likely N-dealkylation sites (N-methyl/N-ethyl adjacent to an activating group) is 1. The van der Waals surface area contributed by atoms with Gasteiger partial charge in [0.25, 0.3) is 5.91 Å². The first-order valence-electron chi connectivity index (χ1n) is 18.7. The van der Waals surface area contributed by atoms with Crippen molar-refractivity contribution in [1.29, 1.82) is 0 Å². The van der Waals surface area contributed by atoms with Gasteiger partial charge in [-0.3, -0.25) is 19.2 Å². The second-order valence-electron chi connectivity index (χ2n) is 13.5. The third kappa shape index (κ3) is 13.1. The molecule has 14 heteroatoms. The first kappa shape index (κ1) is 41.6. The molecule has 1 aliphatic rings. The summed E-state index contributed by atoms with van der Waals surface area (Å²) >= 11 is 1.54. The number of nitrogens with zero attached hydrogens (tertiary/aromatic N) is 2. The number of carbonyl (C=O) groups excluding carboxylic acids is 5. The van der Waals surface area contributed by atoms with Gasteiger partial charge in [0.2, 0.25) is 17.7 Å². The summed E-state index contributed by atoms with van der Waals surface area (Å²) in [7, 11) is 0. The quantitative estimate of drug-likeness (QED) is 0.0834. The molecule has 290 valence electrons. The number of nitrogens with one attached hydrogen (secondary N) is 3. The number of benzene rings is 1. The van der Waals surface area contributed by atoms with Crippen molar-refractivity contribution in [3.63, 3.8) is 0 Å². The van der Waals surface area contributed by atoms with E-state index in [4.69, 9.17) is 14.6 Å². The number of aldehydes is 1. The van der Waals surface area contributed by atoms with Crippen molar-refractivity contribution < 1.29 is 38.6 Å². The predicted octanol–water partition coefficient (Wildman–Crippen LogP) is 3.99. The van der Waals surface area contributed by atoms with Crippen molar-refractivity contribution in [3.8, 4) is 0 Å². The van der Waals surface area contributed by atoms with Crippen LogP contribution >= 0.6 is 11.3 Å². The van der Waals surface area contributed by atoms with Crippen LogP contribution in [0.15, 0.2) is 41.8 Å². The van der Waals surface area contributed by atoms with Gasteiger partial charge in [-0.05, 0) is 87.6 Å². The maximum absolute atomic E-state index is 13.6. The molecule has 4 amide bonds. The number of aromatic nitrogens is 1. The van der Waals surface area contributed by atoms with Gasteiger partial charge in [0.1, 0.15) is 18.5 Å². The molecule has 0 spiro atoms. The highest BCUT2D eigenvalue weighted by Crippen LogP contribution is 2.28. The molecular formula is C39H55N5O8S. The largest absolute Gasteiger partial charge is 0.396 e. The number of rotatable bonds is 23. The van der Waals surface area contributed by atoms with Gasteiger partial charge < -0.3 is 44.8 Å². The molecule has 1 fully saturated rings. The van der Waals surface area contributed by atoms with Crippen LogP contribution in [-0.4, -0.2) is 98.3 Å². The van der Waals surface area contributed by atoms with Crippen LogP contribution in [-0.2, 0) is 35.2 Å². The van der Waals surface area contributed by atoms with Crippen molar-refractivity contribution in [2.24, 2.45) is 11.8 Å². The molecule has 4 N–H and O–H groups in total. The van der Waals surface area contributed by atoms with E-state index >= 15 is 0 Å². The molecule has 0 aliphatic heterocycles. The Labute approximate surface area is 315 Å². The van der Waals surface area contributed by atoms with Gasteiger partial charge >= 0.3 is 0 Å². The smallest absolute Gasteiger partial charge is 0.268 e. The van der Waals surface area contributed by atoms with Crippen LogP contribution in [0.1, 0.15) is 74.3 Å². The Balaban J connectivity index is 1.10. The van der Waals surface area contributed by atoms with Gasteiger partial charge in [-0.1, -0.05) is 18.6 Å². The van der Waals surface area contributed by atoms with Gasteiger partial charge in [-0.2, -0.15) is 0 Å². The topological polar surface area (TPSA) is 168 Å².